The van der Waals surface area contributed by atoms with Crippen LogP contribution in [0.15, 0.2) is 6.07 Å². The van der Waals surface area contributed by atoms with Crippen molar-refractivity contribution < 1.29 is 19.7 Å². The highest BCUT2D eigenvalue weighted by Gasteiger charge is 2.28. The van der Waals surface area contributed by atoms with Gasteiger partial charge in [0.15, 0.2) is 0 Å². The fourth-order valence-corrected chi connectivity index (χ4v) is 3.21. The molecule has 3 heterocycles. The Kier molecular flexibility index (Phi) is 5.73. The highest BCUT2D eigenvalue weighted by Crippen LogP contribution is 2.24. The van der Waals surface area contributed by atoms with E-state index >= 15 is 0 Å². The van der Waals surface area contributed by atoms with Gasteiger partial charge in [-0.05, 0) is 20.8 Å². The molecular weight excluding hydrogens is 324 g/mol. The molecule has 8 heteroatoms. The molecule has 140 valence electrons. The van der Waals surface area contributed by atoms with E-state index in [2.05, 4.69) is 19.8 Å². The van der Waals surface area contributed by atoms with Gasteiger partial charge in [-0.3, -0.25) is 0 Å². The lowest BCUT2D eigenvalue weighted by Gasteiger charge is -2.37. The molecule has 2 unspecified atom stereocenters. The Morgan fingerprint density at radius 3 is 1.80 bits per heavy atom. The summed E-state index contributed by atoms with van der Waals surface area (Å²) < 4.78 is 11.2. The Morgan fingerprint density at radius 1 is 0.960 bits per heavy atom. The van der Waals surface area contributed by atoms with E-state index in [1.165, 1.54) is 0 Å². The lowest BCUT2D eigenvalue weighted by Crippen LogP contribution is -2.48. The number of aliphatic hydroxyl groups excluding tert-OH is 2. The van der Waals surface area contributed by atoms with Crippen molar-refractivity contribution in [2.24, 2.45) is 0 Å². The van der Waals surface area contributed by atoms with Gasteiger partial charge in [-0.2, -0.15) is 0 Å². The molecule has 4 atom stereocenters. The average Bonchev–Trinajstić information content (AvgIpc) is 2.61. The van der Waals surface area contributed by atoms with Crippen molar-refractivity contribution in [2.75, 3.05) is 49.2 Å². The zero-order valence-corrected chi connectivity index (χ0v) is 15.1. The molecule has 2 aliphatic rings. The first-order valence-corrected chi connectivity index (χ1v) is 8.89. The second kappa shape index (κ2) is 7.82. The van der Waals surface area contributed by atoms with Crippen molar-refractivity contribution >= 4 is 11.6 Å². The Morgan fingerprint density at radius 2 is 1.40 bits per heavy atom. The molecule has 0 spiro atoms. The molecule has 1 aromatic rings. The average molecular weight is 352 g/mol. The van der Waals surface area contributed by atoms with Gasteiger partial charge in [0.2, 0.25) is 0 Å². The Hall–Kier alpha value is -1.48. The standard InChI is InChI=1S/C17H28N4O4/c1-11(22)14-9-20(4-6-24-14)16-8-17(19-13(3)18-16)21-5-7-25-15(10-21)12(2)23/h8,11-12,14-15,22-23H,4-7,9-10H2,1-3H3/t11-,12-,14?,15?/m1/s1. The summed E-state index contributed by atoms with van der Waals surface area (Å²) in [7, 11) is 0. The number of anilines is 2. The van der Waals surface area contributed by atoms with Gasteiger partial charge in [-0.25, -0.2) is 9.97 Å². The molecule has 25 heavy (non-hydrogen) atoms. The summed E-state index contributed by atoms with van der Waals surface area (Å²) in [5, 5.41) is 19.6. The van der Waals surface area contributed by atoms with E-state index < -0.39 is 12.2 Å². The van der Waals surface area contributed by atoms with E-state index in [0.717, 1.165) is 24.7 Å². The summed E-state index contributed by atoms with van der Waals surface area (Å²) in [6.07, 6.45) is -1.46. The molecule has 0 radical (unpaired) electrons. The summed E-state index contributed by atoms with van der Waals surface area (Å²) in [6.45, 7) is 9.18. The molecule has 0 aromatic carbocycles. The van der Waals surface area contributed by atoms with Crippen molar-refractivity contribution in [1.82, 2.24) is 9.97 Å². The maximum absolute atomic E-state index is 9.81. The van der Waals surface area contributed by atoms with Gasteiger partial charge in [-0.15, -0.1) is 0 Å². The fraction of sp³-hybridized carbons (Fsp3) is 0.765. The smallest absolute Gasteiger partial charge is 0.134 e. The minimum atomic E-state index is -0.517. The Labute approximate surface area is 148 Å². The number of hydrogen-bond acceptors (Lipinski definition) is 8. The van der Waals surface area contributed by atoms with Crippen LogP contribution in [-0.4, -0.2) is 84.0 Å². The number of nitrogens with zero attached hydrogens (tertiary/aromatic N) is 4. The highest BCUT2D eigenvalue weighted by molar-refractivity contribution is 5.51. The van der Waals surface area contributed by atoms with Crippen LogP contribution in [0.4, 0.5) is 11.6 Å². The van der Waals surface area contributed by atoms with Gasteiger partial charge in [0, 0.05) is 32.2 Å². The van der Waals surface area contributed by atoms with Crippen LogP contribution >= 0.6 is 0 Å². The normalized spacial score (nSPS) is 27.2. The number of rotatable bonds is 4. The zero-order valence-electron chi connectivity index (χ0n) is 15.1. The second-order valence-corrected chi connectivity index (χ2v) is 6.82. The van der Waals surface area contributed by atoms with Crippen molar-refractivity contribution in [3.63, 3.8) is 0 Å². The van der Waals surface area contributed by atoms with Gasteiger partial charge < -0.3 is 29.5 Å². The predicted octanol–water partition coefficient (Wildman–Crippen LogP) is -0.0430. The highest BCUT2D eigenvalue weighted by atomic mass is 16.5. The molecule has 2 fully saturated rings. The van der Waals surface area contributed by atoms with E-state index in [9.17, 15) is 10.2 Å². The van der Waals surface area contributed by atoms with Crippen LogP contribution in [0.25, 0.3) is 0 Å². The van der Waals surface area contributed by atoms with E-state index in [1.807, 2.05) is 13.0 Å². The largest absolute Gasteiger partial charge is 0.391 e. The molecule has 2 aliphatic heterocycles. The topological polar surface area (TPSA) is 91.2 Å². The molecule has 0 aliphatic carbocycles. The molecule has 1 aromatic heterocycles. The Bertz CT molecular complexity index is 538. The monoisotopic (exact) mass is 352 g/mol. The van der Waals surface area contributed by atoms with Crippen molar-refractivity contribution in [3.05, 3.63) is 11.9 Å². The van der Waals surface area contributed by atoms with Crippen molar-refractivity contribution in [1.29, 1.82) is 0 Å². The lowest BCUT2D eigenvalue weighted by atomic mass is 10.1. The summed E-state index contributed by atoms with van der Waals surface area (Å²) in [5.74, 6) is 2.39. The number of hydrogen-bond donors (Lipinski definition) is 2. The summed E-state index contributed by atoms with van der Waals surface area (Å²) in [6, 6.07) is 1.97. The molecule has 2 saturated heterocycles. The third-order valence-corrected chi connectivity index (χ3v) is 4.72. The summed E-state index contributed by atoms with van der Waals surface area (Å²) >= 11 is 0. The van der Waals surface area contributed by atoms with Crippen LogP contribution in [0.2, 0.25) is 0 Å². The van der Waals surface area contributed by atoms with Gasteiger partial charge >= 0.3 is 0 Å². The summed E-state index contributed by atoms with van der Waals surface area (Å²) in [5.41, 5.74) is 0. The van der Waals surface area contributed by atoms with E-state index in [0.29, 0.717) is 32.1 Å². The minimum Gasteiger partial charge on any atom is -0.391 e. The number of aromatic nitrogens is 2. The summed E-state index contributed by atoms with van der Waals surface area (Å²) in [4.78, 5) is 13.4. The van der Waals surface area contributed by atoms with E-state index in [-0.39, 0.29) is 12.2 Å². The number of aryl methyl sites for hydroxylation is 1. The van der Waals surface area contributed by atoms with E-state index in [4.69, 9.17) is 9.47 Å². The Balaban J connectivity index is 1.78. The minimum absolute atomic E-state index is 0.213. The SMILES string of the molecule is Cc1nc(N2CCOC([C@@H](C)O)C2)cc(N2CCOC([C@@H](C)O)C2)n1. The molecule has 0 amide bonds. The lowest BCUT2D eigenvalue weighted by molar-refractivity contribution is -0.0369. The zero-order chi connectivity index (χ0) is 18.0. The molecule has 0 saturated carbocycles. The molecule has 0 bridgehead atoms. The van der Waals surface area contributed by atoms with Crippen LogP contribution in [0.1, 0.15) is 19.7 Å². The maximum atomic E-state index is 9.81. The van der Waals surface area contributed by atoms with Gasteiger partial charge in [0.1, 0.15) is 29.7 Å². The molecule has 8 nitrogen and oxygen atoms in total. The molecule has 3 rings (SSSR count). The van der Waals surface area contributed by atoms with Gasteiger partial charge in [0.05, 0.1) is 25.4 Å². The van der Waals surface area contributed by atoms with Gasteiger partial charge in [0.25, 0.3) is 0 Å². The van der Waals surface area contributed by atoms with Crippen LogP contribution in [0.5, 0.6) is 0 Å². The fourth-order valence-electron chi connectivity index (χ4n) is 3.21. The maximum Gasteiger partial charge on any atom is 0.134 e. The van der Waals surface area contributed by atoms with Crippen molar-refractivity contribution in [3.8, 4) is 0 Å². The third-order valence-electron chi connectivity index (χ3n) is 4.72. The van der Waals surface area contributed by atoms with E-state index in [1.54, 1.807) is 13.8 Å². The van der Waals surface area contributed by atoms with Crippen LogP contribution in [-0.2, 0) is 9.47 Å². The first-order chi connectivity index (χ1) is 11.9. The number of aliphatic hydroxyl groups is 2. The van der Waals surface area contributed by atoms with Crippen LogP contribution < -0.4 is 9.80 Å². The third kappa shape index (κ3) is 4.38. The first kappa shape index (κ1) is 18.3. The number of ether oxygens (including phenoxy) is 2. The molecular formula is C17H28N4O4. The van der Waals surface area contributed by atoms with Crippen LogP contribution in [0, 0.1) is 6.92 Å². The quantitative estimate of drug-likeness (QED) is 0.780. The first-order valence-electron chi connectivity index (χ1n) is 8.89. The van der Waals surface area contributed by atoms with Crippen molar-refractivity contribution in [2.45, 2.75) is 45.2 Å². The second-order valence-electron chi connectivity index (χ2n) is 6.82. The van der Waals surface area contributed by atoms with Crippen LogP contribution in [0.3, 0.4) is 0 Å². The predicted molar refractivity (Wildman–Crippen MR) is 94.0 cm³/mol. The van der Waals surface area contributed by atoms with Gasteiger partial charge in [-0.1, -0.05) is 0 Å². The number of morpholine rings is 2. The molecule has 2 N–H and O–H groups in total.